The molecule has 2 aromatic carbocycles. The van der Waals surface area contributed by atoms with Gasteiger partial charge in [-0.15, -0.1) is 5.10 Å². The fourth-order valence-corrected chi connectivity index (χ4v) is 3.77. The van der Waals surface area contributed by atoms with E-state index in [4.69, 9.17) is 4.74 Å². The molecule has 4 aromatic rings. The molecule has 0 saturated carbocycles. The van der Waals surface area contributed by atoms with Crippen LogP contribution in [0.25, 0.3) is 5.69 Å². The SMILES string of the molecule is COc1ccccc1C(NC(=O)c1nn(-c2ccc(C)cc2C)nc1C)c1nccn1C. The van der Waals surface area contributed by atoms with Crippen molar-refractivity contribution in [3.63, 3.8) is 0 Å². The van der Waals surface area contributed by atoms with Gasteiger partial charge in [-0.3, -0.25) is 4.79 Å². The predicted octanol–water partition coefficient (Wildman–Crippen LogP) is 3.45. The van der Waals surface area contributed by atoms with E-state index < -0.39 is 6.04 Å². The van der Waals surface area contributed by atoms with Crippen LogP contribution in [0.15, 0.2) is 54.9 Å². The van der Waals surface area contributed by atoms with Crippen LogP contribution in [0.1, 0.15) is 44.7 Å². The third-order valence-corrected chi connectivity index (χ3v) is 5.41. The van der Waals surface area contributed by atoms with Crippen molar-refractivity contribution in [2.75, 3.05) is 7.11 Å². The molecule has 1 unspecified atom stereocenters. The molecule has 1 atom stereocenters. The Kier molecular flexibility index (Phi) is 5.77. The zero-order valence-electron chi connectivity index (χ0n) is 18.8. The Bertz CT molecular complexity index is 1270. The number of nitrogens with one attached hydrogen (secondary N) is 1. The van der Waals surface area contributed by atoms with Crippen molar-refractivity contribution in [1.82, 2.24) is 29.9 Å². The monoisotopic (exact) mass is 430 g/mol. The third kappa shape index (κ3) is 3.99. The highest BCUT2D eigenvalue weighted by Crippen LogP contribution is 2.29. The zero-order chi connectivity index (χ0) is 22.8. The number of rotatable bonds is 6. The van der Waals surface area contributed by atoms with Gasteiger partial charge in [-0.25, -0.2) is 4.98 Å². The largest absolute Gasteiger partial charge is 0.496 e. The maximum atomic E-state index is 13.3. The van der Waals surface area contributed by atoms with Gasteiger partial charge in [0.2, 0.25) is 0 Å². The van der Waals surface area contributed by atoms with Crippen LogP contribution in [-0.4, -0.2) is 37.6 Å². The first-order valence-corrected chi connectivity index (χ1v) is 10.3. The Labute approximate surface area is 186 Å². The molecule has 0 saturated heterocycles. The van der Waals surface area contributed by atoms with Gasteiger partial charge < -0.3 is 14.6 Å². The number of carbonyl (C=O) groups is 1. The second kappa shape index (κ2) is 8.66. The summed E-state index contributed by atoms with van der Waals surface area (Å²) in [6, 6.07) is 13.1. The lowest BCUT2D eigenvalue weighted by molar-refractivity contribution is 0.0934. The van der Waals surface area contributed by atoms with Gasteiger partial charge in [0.15, 0.2) is 5.69 Å². The lowest BCUT2D eigenvalue weighted by atomic mass is 10.0. The van der Waals surface area contributed by atoms with Crippen LogP contribution in [0, 0.1) is 20.8 Å². The number of ether oxygens (including phenoxy) is 1. The molecule has 1 N–H and O–H groups in total. The van der Waals surface area contributed by atoms with Gasteiger partial charge in [0, 0.05) is 25.0 Å². The van der Waals surface area contributed by atoms with Gasteiger partial charge in [-0.2, -0.15) is 9.90 Å². The van der Waals surface area contributed by atoms with Crippen molar-refractivity contribution >= 4 is 5.91 Å². The summed E-state index contributed by atoms with van der Waals surface area (Å²) in [5, 5.41) is 12.1. The Morgan fingerprint density at radius 3 is 2.56 bits per heavy atom. The summed E-state index contributed by atoms with van der Waals surface area (Å²) in [6.45, 7) is 5.81. The van der Waals surface area contributed by atoms with Crippen LogP contribution < -0.4 is 10.1 Å². The molecule has 32 heavy (non-hydrogen) atoms. The second-order valence-electron chi connectivity index (χ2n) is 7.76. The van der Waals surface area contributed by atoms with Crippen LogP contribution in [0.2, 0.25) is 0 Å². The highest BCUT2D eigenvalue weighted by atomic mass is 16.5. The first-order chi connectivity index (χ1) is 15.4. The normalized spacial score (nSPS) is 11.9. The minimum Gasteiger partial charge on any atom is -0.496 e. The average Bonchev–Trinajstić information content (AvgIpc) is 3.37. The van der Waals surface area contributed by atoms with Crippen molar-refractivity contribution in [2.24, 2.45) is 7.05 Å². The number of imidazole rings is 1. The molecule has 164 valence electrons. The molecule has 0 aliphatic carbocycles. The minimum atomic E-state index is -0.524. The van der Waals surface area contributed by atoms with Gasteiger partial charge in [0.25, 0.3) is 5.91 Å². The summed E-state index contributed by atoms with van der Waals surface area (Å²) in [7, 11) is 3.49. The van der Waals surface area contributed by atoms with E-state index in [-0.39, 0.29) is 11.6 Å². The number of aryl methyl sites for hydroxylation is 4. The van der Waals surface area contributed by atoms with Crippen LogP contribution >= 0.6 is 0 Å². The fourth-order valence-electron chi connectivity index (χ4n) is 3.77. The molecule has 0 bridgehead atoms. The van der Waals surface area contributed by atoms with E-state index in [1.807, 2.05) is 68.1 Å². The zero-order valence-corrected chi connectivity index (χ0v) is 18.8. The Balaban J connectivity index is 1.70. The summed E-state index contributed by atoms with van der Waals surface area (Å²) < 4.78 is 7.41. The topological polar surface area (TPSA) is 86.9 Å². The van der Waals surface area contributed by atoms with Crippen LogP contribution in [-0.2, 0) is 7.05 Å². The van der Waals surface area contributed by atoms with Gasteiger partial charge in [0.1, 0.15) is 17.6 Å². The van der Waals surface area contributed by atoms with E-state index in [0.717, 1.165) is 22.4 Å². The van der Waals surface area contributed by atoms with E-state index in [2.05, 4.69) is 26.6 Å². The summed E-state index contributed by atoms with van der Waals surface area (Å²) in [6.07, 6.45) is 3.54. The molecule has 2 heterocycles. The summed E-state index contributed by atoms with van der Waals surface area (Å²) in [4.78, 5) is 19.3. The third-order valence-electron chi connectivity index (χ3n) is 5.41. The summed E-state index contributed by atoms with van der Waals surface area (Å²) in [5.41, 5.74) is 4.63. The molecule has 2 aromatic heterocycles. The number of hydrogen-bond donors (Lipinski definition) is 1. The average molecular weight is 431 g/mol. The van der Waals surface area contributed by atoms with E-state index in [1.165, 1.54) is 4.80 Å². The standard InChI is InChI=1S/C24H26N6O2/c1-15-10-11-19(16(2)14-15)30-27-17(3)21(28-30)24(31)26-22(23-25-12-13-29(23)4)18-8-6-7-9-20(18)32-5/h6-14,22H,1-5H3,(H,26,31). The minimum absolute atomic E-state index is 0.263. The quantitative estimate of drug-likeness (QED) is 0.506. The number of carbonyl (C=O) groups excluding carboxylic acids is 1. The highest BCUT2D eigenvalue weighted by Gasteiger charge is 2.26. The summed E-state index contributed by atoms with van der Waals surface area (Å²) in [5.74, 6) is 1.01. The lowest BCUT2D eigenvalue weighted by Crippen LogP contribution is -2.32. The van der Waals surface area contributed by atoms with Crippen LogP contribution in [0.3, 0.4) is 0 Å². The van der Waals surface area contributed by atoms with Crippen molar-refractivity contribution in [3.05, 3.63) is 88.8 Å². The number of methoxy groups -OCH3 is 1. The lowest BCUT2D eigenvalue weighted by Gasteiger charge is -2.20. The molecule has 8 heteroatoms. The van der Waals surface area contributed by atoms with E-state index in [1.54, 1.807) is 20.2 Å². The maximum Gasteiger partial charge on any atom is 0.274 e. The molecule has 0 aliphatic heterocycles. The highest BCUT2D eigenvalue weighted by molar-refractivity contribution is 5.93. The first kappa shape index (κ1) is 21.3. The summed E-state index contributed by atoms with van der Waals surface area (Å²) >= 11 is 0. The van der Waals surface area contributed by atoms with E-state index in [9.17, 15) is 4.79 Å². The van der Waals surface area contributed by atoms with Crippen LogP contribution in [0.4, 0.5) is 0 Å². The first-order valence-electron chi connectivity index (χ1n) is 10.3. The maximum absolute atomic E-state index is 13.3. The van der Waals surface area contributed by atoms with E-state index >= 15 is 0 Å². The number of amides is 1. The van der Waals surface area contributed by atoms with Crippen molar-refractivity contribution in [2.45, 2.75) is 26.8 Å². The smallest absolute Gasteiger partial charge is 0.274 e. The Morgan fingerprint density at radius 2 is 1.88 bits per heavy atom. The van der Waals surface area contributed by atoms with Gasteiger partial charge in [0.05, 0.1) is 18.5 Å². The number of nitrogens with zero attached hydrogens (tertiary/aromatic N) is 5. The number of benzene rings is 2. The van der Waals surface area contributed by atoms with Crippen LogP contribution in [0.5, 0.6) is 5.75 Å². The van der Waals surface area contributed by atoms with Gasteiger partial charge >= 0.3 is 0 Å². The number of aromatic nitrogens is 5. The Hall–Kier alpha value is -3.94. The molecular formula is C24H26N6O2. The fraction of sp³-hybridized carbons (Fsp3) is 0.250. The molecule has 0 aliphatic rings. The molecule has 4 rings (SSSR count). The van der Waals surface area contributed by atoms with Gasteiger partial charge in [-0.1, -0.05) is 35.9 Å². The van der Waals surface area contributed by atoms with Gasteiger partial charge in [-0.05, 0) is 38.5 Å². The number of para-hydroxylation sites is 1. The molecule has 8 nitrogen and oxygen atoms in total. The molecule has 0 spiro atoms. The second-order valence-corrected chi connectivity index (χ2v) is 7.76. The molecule has 0 fully saturated rings. The van der Waals surface area contributed by atoms with E-state index in [0.29, 0.717) is 17.3 Å². The molecule has 1 amide bonds. The molecular weight excluding hydrogens is 404 g/mol. The predicted molar refractivity (Wildman–Crippen MR) is 121 cm³/mol. The number of hydrogen-bond acceptors (Lipinski definition) is 5. The molecule has 0 radical (unpaired) electrons. The van der Waals surface area contributed by atoms with Crippen molar-refractivity contribution in [1.29, 1.82) is 0 Å². The Morgan fingerprint density at radius 1 is 1.09 bits per heavy atom. The van der Waals surface area contributed by atoms with Crippen molar-refractivity contribution in [3.8, 4) is 11.4 Å². The van der Waals surface area contributed by atoms with Crippen molar-refractivity contribution < 1.29 is 9.53 Å².